The summed E-state index contributed by atoms with van der Waals surface area (Å²) in [5, 5.41) is 12.4. The number of fused-ring (bicyclic) bond motifs is 1. The molecule has 0 bridgehead atoms. The number of aliphatic hydroxyl groups excluding tert-OH is 1. The SMILES string of the molecule is OC(COc1ccccc1F)c1ccc2ccccc2c1. The minimum atomic E-state index is -0.797. The van der Waals surface area contributed by atoms with E-state index in [-0.39, 0.29) is 12.4 Å². The molecule has 1 N–H and O–H groups in total. The molecule has 0 heterocycles. The van der Waals surface area contributed by atoms with E-state index in [1.807, 2.05) is 42.5 Å². The van der Waals surface area contributed by atoms with E-state index in [9.17, 15) is 9.50 Å². The number of rotatable bonds is 4. The molecule has 0 spiro atoms. The molecule has 21 heavy (non-hydrogen) atoms. The van der Waals surface area contributed by atoms with Crippen molar-refractivity contribution in [2.75, 3.05) is 6.61 Å². The molecule has 3 aromatic rings. The van der Waals surface area contributed by atoms with Gasteiger partial charge in [0.1, 0.15) is 12.7 Å². The summed E-state index contributed by atoms with van der Waals surface area (Å²) in [4.78, 5) is 0. The van der Waals surface area contributed by atoms with Crippen molar-refractivity contribution in [2.24, 2.45) is 0 Å². The van der Waals surface area contributed by atoms with Crippen LogP contribution in [0, 0.1) is 5.82 Å². The fourth-order valence-electron chi connectivity index (χ4n) is 2.24. The first-order valence-electron chi connectivity index (χ1n) is 6.78. The number of halogens is 1. The maximum absolute atomic E-state index is 13.4. The van der Waals surface area contributed by atoms with Gasteiger partial charge in [-0.2, -0.15) is 0 Å². The Labute approximate surface area is 122 Å². The van der Waals surface area contributed by atoms with Gasteiger partial charge in [0.2, 0.25) is 0 Å². The van der Waals surface area contributed by atoms with E-state index in [0.29, 0.717) is 0 Å². The zero-order valence-electron chi connectivity index (χ0n) is 11.4. The molecule has 0 radical (unpaired) electrons. The lowest BCUT2D eigenvalue weighted by molar-refractivity contribution is 0.106. The van der Waals surface area contributed by atoms with Crippen LogP contribution in [-0.4, -0.2) is 11.7 Å². The third-order valence-electron chi connectivity index (χ3n) is 3.39. The number of benzene rings is 3. The molecule has 0 fully saturated rings. The predicted molar refractivity (Wildman–Crippen MR) is 80.8 cm³/mol. The van der Waals surface area contributed by atoms with Gasteiger partial charge in [-0.15, -0.1) is 0 Å². The highest BCUT2D eigenvalue weighted by molar-refractivity contribution is 5.83. The molecule has 1 atom stereocenters. The fraction of sp³-hybridized carbons (Fsp3) is 0.111. The molecular formula is C18H15FO2. The van der Waals surface area contributed by atoms with E-state index in [4.69, 9.17) is 4.74 Å². The van der Waals surface area contributed by atoms with Crippen molar-refractivity contribution >= 4 is 10.8 Å². The van der Waals surface area contributed by atoms with Gasteiger partial charge in [-0.25, -0.2) is 4.39 Å². The number of aliphatic hydroxyl groups is 1. The molecule has 2 nitrogen and oxygen atoms in total. The van der Waals surface area contributed by atoms with Crippen LogP contribution >= 0.6 is 0 Å². The molecule has 0 amide bonds. The first kappa shape index (κ1) is 13.6. The summed E-state index contributed by atoms with van der Waals surface area (Å²) in [6.45, 7) is 0.0132. The summed E-state index contributed by atoms with van der Waals surface area (Å²) >= 11 is 0. The molecule has 0 aliphatic carbocycles. The first-order chi connectivity index (χ1) is 10.2. The van der Waals surface area contributed by atoms with Crippen LogP contribution < -0.4 is 4.74 Å². The number of ether oxygens (including phenoxy) is 1. The molecular weight excluding hydrogens is 267 g/mol. The Hall–Kier alpha value is -2.39. The minimum absolute atomic E-state index is 0.0132. The average Bonchev–Trinajstić information content (AvgIpc) is 2.53. The summed E-state index contributed by atoms with van der Waals surface area (Å²) in [5.74, 6) is -0.277. The van der Waals surface area contributed by atoms with Crippen LogP contribution in [0.1, 0.15) is 11.7 Å². The highest BCUT2D eigenvalue weighted by Crippen LogP contribution is 2.22. The van der Waals surface area contributed by atoms with Gasteiger partial charge in [0, 0.05) is 0 Å². The van der Waals surface area contributed by atoms with Crippen molar-refractivity contribution in [1.29, 1.82) is 0 Å². The zero-order chi connectivity index (χ0) is 14.7. The normalized spacial score (nSPS) is 12.3. The standard InChI is InChI=1S/C18H15FO2/c19-16-7-3-4-8-18(16)21-12-17(20)15-10-9-13-5-1-2-6-14(13)11-15/h1-11,17,20H,12H2. The van der Waals surface area contributed by atoms with Crippen LogP contribution in [0.5, 0.6) is 5.75 Å². The molecule has 3 aromatic carbocycles. The van der Waals surface area contributed by atoms with Crippen LogP contribution in [0.2, 0.25) is 0 Å². The molecule has 0 saturated carbocycles. The summed E-state index contributed by atoms with van der Waals surface area (Å²) in [6.07, 6.45) is -0.797. The summed E-state index contributed by atoms with van der Waals surface area (Å²) in [7, 11) is 0. The van der Waals surface area contributed by atoms with Gasteiger partial charge in [0.25, 0.3) is 0 Å². The monoisotopic (exact) mass is 282 g/mol. The van der Waals surface area contributed by atoms with Gasteiger partial charge >= 0.3 is 0 Å². The predicted octanol–water partition coefficient (Wildman–Crippen LogP) is 4.09. The van der Waals surface area contributed by atoms with Crippen molar-refractivity contribution in [3.8, 4) is 5.75 Å². The Morgan fingerprint density at radius 2 is 1.62 bits per heavy atom. The summed E-state index contributed by atoms with van der Waals surface area (Å²) in [6, 6.07) is 19.8. The van der Waals surface area contributed by atoms with Crippen LogP contribution in [0.15, 0.2) is 66.7 Å². The van der Waals surface area contributed by atoms with Crippen LogP contribution in [0.4, 0.5) is 4.39 Å². The Morgan fingerprint density at radius 3 is 2.43 bits per heavy atom. The quantitative estimate of drug-likeness (QED) is 0.781. The lowest BCUT2D eigenvalue weighted by Crippen LogP contribution is -2.10. The van der Waals surface area contributed by atoms with Gasteiger partial charge in [0.15, 0.2) is 11.6 Å². The molecule has 106 valence electrons. The number of hydrogen-bond donors (Lipinski definition) is 1. The molecule has 3 heteroatoms. The van der Waals surface area contributed by atoms with Gasteiger partial charge in [-0.1, -0.05) is 48.5 Å². The molecule has 0 aromatic heterocycles. The highest BCUT2D eigenvalue weighted by atomic mass is 19.1. The maximum atomic E-state index is 13.4. The Bertz CT molecular complexity index is 755. The third kappa shape index (κ3) is 3.03. The zero-order valence-corrected chi connectivity index (χ0v) is 11.4. The second kappa shape index (κ2) is 5.94. The summed E-state index contributed by atoms with van der Waals surface area (Å²) < 4.78 is 18.8. The van der Waals surface area contributed by atoms with Gasteiger partial charge in [-0.3, -0.25) is 0 Å². The average molecular weight is 282 g/mol. The van der Waals surface area contributed by atoms with Crippen molar-refractivity contribution in [1.82, 2.24) is 0 Å². The minimum Gasteiger partial charge on any atom is -0.487 e. The summed E-state index contributed by atoms with van der Waals surface area (Å²) in [5.41, 5.74) is 0.755. The number of hydrogen-bond acceptors (Lipinski definition) is 2. The molecule has 1 unspecified atom stereocenters. The van der Waals surface area contributed by atoms with Crippen molar-refractivity contribution in [3.05, 3.63) is 78.1 Å². The molecule has 0 saturated heterocycles. The van der Waals surface area contributed by atoms with Crippen LogP contribution in [0.3, 0.4) is 0 Å². The topological polar surface area (TPSA) is 29.5 Å². The third-order valence-corrected chi connectivity index (χ3v) is 3.39. The van der Waals surface area contributed by atoms with E-state index in [2.05, 4.69) is 0 Å². The second-order valence-corrected chi connectivity index (χ2v) is 4.86. The Kier molecular flexibility index (Phi) is 3.84. The van der Waals surface area contributed by atoms with Gasteiger partial charge in [0.05, 0.1) is 0 Å². The largest absolute Gasteiger partial charge is 0.487 e. The van der Waals surface area contributed by atoms with Crippen molar-refractivity contribution in [3.63, 3.8) is 0 Å². The van der Waals surface area contributed by atoms with Crippen LogP contribution in [-0.2, 0) is 0 Å². The highest BCUT2D eigenvalue weighted by Gasteiger charge is 2.10. The molecule has 3 rings (SSSR count). The van der Waals surface area contributed by atoms with Crippen LogP contribution in [0.25, 0.3) is 10.8 Å². The van der Waals surface area contributed by atoms with Gasteiger partial charge in [-0.05, 0) is 34.5 Å². The van der Waals surface area contributed by atoms with E-state index in [0.717, 1.165) is 16.3 Å². The van der Waals surface area contributed by atoms with E-state index < -0.39 is 11.9 Å². The Balaban J connectivity index is 1.75. The lowest BCUT2D eigenvalue weighted by atomic mass is 10.0. The number of para-hydroxylation sites is 1. The van der Waals surface area contributed by atoms with E-state index in [1.54, 1.807) is 18.2 Å². The second-order valence-electron chi connectivity index (χ2n) is 4.86. The molecule has 0 aliphatic rings. The molecule has 0 aliphatic heterocycles. The first-order valence-corrected chi connectivity index (χ1v) is 6.78. The van der Waals surface area contributed by atoms with Crippen molar-refractivity contribution in [2.45, 2.75) is 6.10 Å². The van der Waals surface area contributed by atoms with E-state index >= 15 is 0 Å². The smallest absolute Gasteiger partial charge is 0.165 e. The maximum Gasteiger partial charge on any atom is 0.165 e. The van der Waals surface area contributed by atoms with Crippen molar-refractivity contribution < 1.29 is 14.2 Å². The van der Waals surface area contributed by atoms with E-state index in [1.165, 1.54) is 6.07 Å². The Morgan fingerprint density at radius 1 is 0.905 bits per heavy atom. The lowest BCUT2D eigenvalue weighted by Gasteiger charge is -2.13. The fourth-order valence-corrected chi connectivity index (χ4v) is 2.24. The van der Waals surface area contributed by atoms with Gasteiger partial charge < -0.3 is 9.84 Å².